The molecule has 0 saturated heterocycles. The lowest BCUT2D eigenvalue weighted by Gasteiger charge is -2.02. The Morgan fingerprint density at radius 3 is 2.04 bits per heavy atom. The van der Waals surface area contributed by atoms with E-state index >= 15 is 0 Å². The van der Waals surface area contributed by atoms with Crippen LogP contribution in [0.5, 0.6) is 0 Å². The van der Waals surface area contributed by atoms with Gasteiger partial charge in [-0.25, -0.2) is 0 Å². The first-order valence-electron chi connectivity index (χ1n) is 8.04. The van der Waals surface area contributed by atoms with Crippen LogP contribution in [0.15, 0.2) is 72.8 Å². The van der Waals surface area contributed by atoms with Gasteiger partial charge in [0.1, 0.15) is 0 Å². The molecule has 0 atom stereocenters. The van der Waals surface area contributed by atoms with Gasteiger partial charge in [-0.15, -0.1) is 22.7 Å². The molecule has 0 N–H and O–H groups in total. The normalized spacial score (nSPS) is 12.2. The summed E-state index contributed by atoms with van der Waals surface area (Å²) in [6.07, 6.45) is 0. The highest BCUT2D eigenvalue weighted by molar-refractivity contribution is 7.26. The highest BCUT2D eigenvalue weighted by Crippen LogP contribution is 2.42. The van der Waals surface area contributed by atoms with Crippen molar-refractivity contribution in [2.24, 2.45) is 0 Å². The van der Waals surface area contributed by atoms with Gasteiger partial charge < -0.3 is 0 Å². The summed E-state index contributed by atoms with van der Waals surface area (Å²) >= 11 is 3.79. The van der Waals surface area contributed by atoms with Gasteiger partial charge in [0.25, 0.3) is 0 Å². The molecule has 0 bridgehead atoms. The van der Waals surface area contributed by atoms with E-state index in [1.54, 1.807) is 0 Å². The number of hydrogen-bond donors (Lipinski definition) is 0. The van der Waals surface area contributed by atoms with E-state index < -0.39 is 0 Å². The van der Waals surface area contributed by atoms with Gasteiger partial charge in [-0.3, -0.25) is 0 Å². The summed E-state index contributed by atoms with van der Waals surface area (Å²) in [7, 11) is 0. The topological polar surface area (TPSA) is 0 Å². The van der Waals surface area contributed by atoms with Gasteiger partial charge in [0, 0.05) is 40.3 Å². The van der Waals surface area contributed by atoms with Crippen molar-refractivity contribution in [1.82, 2.24) is 0 Å². The number of thiophene rings is 2. The Bertz CT molecular complexity index is 1400. The highest BCUT2D eigenvalue weighted by atomic mass is 32.1. The third-order valence-electron chi connectivity index (χ3n) is 4.86. The molecule has 0 amide bonds. The second-order valence-corrected chi connectivity index (χ2v) is 8.37. The summed E-state index contributed by atoms with van der Waals surface area (Å²) in [5.41, 5.74) is 0. The second kappa shape index (κ2) is 4.56. The van der Waals surface area contributed by atoms with E-state index in [1.165, 1.54) is 51.1 Å². The lowest BCUT2D eigenvalue weighted by Crippen LogP contribution is -1.75. The van der Waals surface area contributed by atoms with Gasteiger partial charge in [0.15, 0.2) is 0 Å². The number of fused-ring (bicyclic) bond motifs is 8. The van der Waals surface area contributed by atoms with Crippen molar-refractivity contribution in [2.45, 2.75) is 0 Å². The summed E-state index contributed by atoms with van der Waals surface area (Å²) in [4.78, 5) is 0. The van der Waals surface area contributed by atoms with Crippen LogP contribution in [0.25, 0.3) is 51.1 Å². The van der Waals surface area contributed by atoms with Crippen molar-refractivity contribution >= 4 is 73.8 Å². The Morgan fingerprint density at radius 2 is 1.17 bits per heavy atom. The van der Waals surface area contributed by atoms with Gasteiger partial charge in [0.05, 0.1) is 0 Å². The lowest BCUT2D eigenvalue weighted by molar-refractivity contribution is 1.86. The second-order valence-electron chi connectivity index (χ2n) is 6.20. The van der Waals surface area contributed by atoms with Gasteiger partial charge in [0.2, 0.25) is 0 Å². The summed E-state index contributed by atoms with van der Waals surface area (Å²) < 4.78 is 5.50. The van der Waals surface area contributed by atoms with E-state index in [-0.39, 0.29) is 0 Å². The Kier molecular flexibility index (Phi) is 2.46. The third kappa shape index (κ3) is 1.62. The molecule has 0 aliphatic carbocycles. The third-order valence-corrected chi connectivity index (χ3v) is 7.12. The van der Waals surface area contributed by atoms with E-state index in [1.807, 2.05) is 22.7 Å². The van der Waals surface area contributed by atoms with E-state index in [2.05, 4.69) is 72.8 Å². The molecule has 0 aliphatic rings. The number of hydrogen-bond acceptors (Lipinski definition) is 2. The molecule has 112 valence electrons. The van der Waals surface area contributed by atoms with Crippen LogP contribution in [0, 0.1) is 0 Å². The van der Waals surface area contributed by atoms with Crippen molar-refractivity contribution in [3.8, 4) is 0 Å². The zero-order chi connectivity index (χ0) is 15.7. The minimum absolute atomic E-state index is 1.34. The molecule has 0 aliphatic heterocycles. The molecule has 2 heterocycles. The summed E-state index contributed by atoms with van der Waals surface area (Å²) in [5, 5.41) is 8.25. The standard InChI is InChI=1S/C22H12S2/c1-3-7-18-14(5-1)17-11-13-9-10-20-22(16(13)12-21(17)24-18)15-6-2-4-8-19(15)23-20/h1-12H. The SMILES string of the molecule is c1ccc2c(c1)sc1cc3c(ccc4sc5ccccc5c43)cc12. The van der Waals surface area contributed by atoms with Crippen LogP contribution in [0.3, 0.4) is 0 Å². The smallest absolute Gasteiger partial charge is 0.0362 e. The molecule has 0 unspecified atom stereocenters. The van der Waals surface area contributed by atoms with Gasteiger partial charge >= 0.3 is 0 Å². The molecule has 6 rings (SSSR count). The van der Waals surface area contributed by atoms with E-state index in [4.69, 9.17) is 0 Å². The first-order valence-corrected chi connectivity index (χ1v) is 9.67. The predicted molar refractivity (Wildman–Crippen MR) is 110 cm³/mol. The summed E-state index contributed by atoms with van der Waals surface area (Å²) in [6.45, 7) is 0. The van der Waals surface area contributed by atoms with Crippen molar-refractivity contribution in [1.29, 1.82) is 0 Å². The maximum atomic E-state index is 2.40. The Labute approximate surface area is 146 Å². The van der Waals surface area contributed by atoms with Crippen LogP contribution in [0.4, 0.5) is 0 Å². The quantitative estimate of drug-likeness (QED) is 0.267. The minimum Gasteiger partial charge on any atom is -0.135 e. The van der Waals surface area contributed by atoms with Crippen LogP contribution in [-0.4, -0.2) is 0 Å². The summed E-state index contributed by atoms with van der Waals surface area (Å²) in [6, 6.07) is 26.8. The molecule has 4 aromatic carbocycles. The van der Waals surface area contributed by atoms with Crippen LogP contribution >= 0.6 is 22.7 Å². The Morgan fingerprint density at radius 1 is 0.458 bits per heavy atom. The molecular weight excluding hydrogens is 328 g/mol. The van der Waals surface area contributed by atoms with Gasteiger partial charge in [-0.05, 0) is 41.1 Å². The zero-order valence-corrected chi connectivity index (χ0v) is 14.4. The maximum Gasteiger partial charge on any atom is 0.0362 e. The maximum absolute atomic E-state index is 2.40. The van der Waals surface area contributed by atoms with Crippen molar-refractivity contribution in [2.75, 3.05) is 0 Å². The zero-order valence-electron chi connectivity index (χ0n) is 12.7. The van der Waals surface area contributed by atoms with Crippen LogP contribution < -0.4 is 0 Å². The first kappa shape index (κ1) is 12.9. The lowest BCUT2D eigenvalue weighted by atomic mass is 10.0. The molecule has 0 radical (unpaired) electrons. The van der Waals surface area contributed by atoms with E-state index in [0.717, 1.165) is 0 Å². The molecule has 2 aromatic heterocycles. The van der Waals surface area contributed by atoms with Crippen LogP contribution in [-0.2, 0) is 0 Å². The fourth-order valence-corrected chi connectivity index (χ4v) is 6.02. The van der Waals surface area contributed by atoms with Crippen LogP contribution in [0.2, 0.25) is 0 Å². The summed E-state index contributed by atoms with van der Waals surface area (Å²) in [5.74, 6) is 0. The molecule has 6 aromatic rings. The molecule has 0 nitrogen and oxygen atoms in total. The fraction of sp³-hybridized carbons (Fsp3) is 0. The number of benzene rings is 4. The fourth-order valence-electron chi connectivity index (χ4n) is 3.77. The average Bonchev–Trinajstić information content (AvgIpc) is 3.17. The molecule has 0 spiro atoms. The minimum atomic E-state index is 1.34. The monoisotopic (exact) mass is 340 g/mol. The van der Waals surface area contributed by atoms with Crippen LogP contribution in [0.1, 0.15) is 0 Å². The molecular formula is C22H12S2. The Balaban J connectivity index is 1.88. The highest BCUT2D eigenvalue weighted by Gasteiger charge is 2.11. The van der Waals surface area contributed by atoms with Crippen molar-refractivity contribution in [3.63, 3.8) is 0 Å². The van der Waals surface area contributed by atoms with E-state index in [9.17, 15) is 0 Å². The molecule has 2 heteroatoms. The largest absolute Gasteiger partial charge is 0.135 e. The predicted octanol–water partition coefficient (Wildman–Crippen LogP) is 7.58. The molecule has 0 fully saturated rings. The number of rotatable bonds is 0. The molecule has 24 heavy (non-hydrogen) atoms. The van der Waals surface area contributed by atoms with E-state index in [0.29, 0.717) is 0 Å². The average molecular weight is 340 g/mol. The molecule has 0 saturated carbocycles. The van der Waals surface area contributed by atoms with Gasteiger partial charge in [-0.2, -0.15) is 0 Å². The van der Waals surface area contributed by atoms with Crippen molar-refractivity contribution in [3.05, 3.63) is 72.8 Å². The Hall–Kier alpha value is -2.42. The van der Waals surface area contributed by atoms with Gasteiger partial charge in [-0.1, -0.05) is 42.5 Å². The van der Waals surface area contributed by atoms with Crippen molar-refractivity contribution < 1.29 is 0 Å². The first-order chi connectivity index (χ1) is 11.9.